The smallest absolute Gasteiger partial charge is 0.286 e. The lowest BCUT2D eigenvalue weighted by Gasteiger charge is -2.12. The van der Waals surface area contributed by atoms with Crippen LogP contribution in [0.25, 0.3) is 16.2 Å². The highest BCUT2D eigenvalue weighted by molar-refractivity contribution is 7.89. The van der Waals surface area contributed by atoms with Gasteiger partial charge in [0.2, 0.25) is 15.2 Å². The predicted molar refractivity (Wildman–Crippen MR) is 121 cm³/mol. The van der Waals surface area contributed by atoms with E-state index in [4.69, 9.17) is 0 Å². The largest absolute Gasteiger partial charge is 0.335 e. The van der Waals surface area contributed by atoms with Crippen LogP contribution in [0.4, 0.5) is 0 Å². The number of hydrogen-bond acceptors (Lipinski definition) is 7. The summed E-state index contributed by atoms with van der Waals surface area (Å²) in [7, 11) is -1.90. The lowest BCUT2D eigenvalue weighted by atomic mass is 10.3. The maximum Gasteiger partial charge on any atom is 0.335 e. The molecule has 0 spiro atoms. The first-order chi connectivity index (χ1) is 15.1. The molecule has 1 saturated carbocycles. The Labute approximate surface area is 188 Å². The number of hydrogen-bond donors (Lipinski definition) is 1. The van der Waals surface area contributed by atoms with Gasteiger partial charge in [-0.1, -0.05) is 11.3 Å². The molecule has 3 aromatic heterocycles. The van der Waals surface area contributed by atoms with Gasteiger partial charge in [0, 0.05) is 12.6 Å². The zero-order valence-corrected chi connectivity index (χ0v) is 19.8. The van der Waals surface area contributed by atoms with E-state index in [1.54, 1.807) is 22.2 Å². The summed E-state index contributed by atoms with van der Waals surface area (Å²) in [5.41, 5.74) is 2.08. The van der Waals surface area contributed by atoms with Crippen LogP contribution in [0.3, 0.4) is 0 Å². The van der Waals surface area contributed by atoms with E-state index in [9.17, 15) is 13.2 Å². The highest BCUT2D eigenvalue weighted by Gasteiger charge is 2.41. The summed E-state index contributed by atoms with van der Waals surface area (Å²) in [6.45, 7) is 5.87. The number of benzene rings is 1. The predicted octanol–water partition coefficient (Wildman–Crippen LogP) is 1.87. The van der Waals surface area contributed by atoms with Crippen molar-refractivity contribution in [1.82, 2.24) is 33.8 Å². The van der Waals surface area contributed by atoms with Crippen LogP contribution < -0.4 is 10.4 Å². The molecule has 4 aromatic rings. The van der Waals surface area contributed by atoms with Crippen LogP contribution in [-0.2, 0) is 23.6 Å². The van der Waals surface area contributed by atoms with Crippen molar-refractivity contribution >= 4 is 32.4 Å². The zero-order valence-electron chi connectivity index (χ0n) is 18.2. The molecule has 1 aromatic carbocycles. The van der Waals surface area contributed by atoms with Gasteiger partial charge in [-0.15, -0.1) is 10.2 Å². The maximum absolute atomic E-state index is 13.5. The van der Waals surface area contributed by atoms with Crippen molar-refractivity contribution in [3.05, 3.63) is 51.1 Å². The van der Waals surface area contributed by atoms with Gasteiger partial charge in [-0.2, -0.15) is 5.10 Å². The molecule has 0 unspecified atom stereocenters. The molecule has 1 N–H and O–H groups in total. The van der Waals surface area contributed by atoms with Gasteiger partial charge in [-0.05, 0) is 57.9 Å². The number of aryl methyl sites for hydroxylation is 3. The van der Waals surface area contributed by atoms with Crippen LogP contribution in [0.15, 0.2) is 34.0 Å². The van der Waals surface area contributed by atoms with Crippen molar-refractivity contribution in [3.63, 3.8) is 0 Å². The van der Waals surface area contributed by atoms with Crippen LogP contribution in [0.5, 0.6) is 0 Å². The molecule has 1 aliphatic rings. The Morgan fingerprint density at radius 1 is 1.16 bits per heavy atom. The van der Waals surface area contributed by atoms with Crippen molar-refractivity contribution < 1.29 is 8.42 Å². The second-order valence-corrected chi connectivity index (χ2v) is 11.4. The minimum atomic E-state index is -3.73. The summed E-state index contributed by atoms with van der Waals surface area (Å²) in [6, 6.07) is 6.67. The van der Waals surface area contributed by atoms with Gasteiger partial charge in [0.05, 0.1) is 33.9 Å². The molecule has 0 saturated heterocycles. The lowest BCUT2D eigenvalue weighted by Crippen LogP contribution is -2.34. The highest BCUT2D eigenvalue weighted by Crippen LogP contribution is 2.36. The standard InChI is InChI=1S/C20H23N7O3S2/c1-12-9-14(25(4)23-12)11-26-16-6-5-15(32(29,30)24-20(3)7-8-20)10-17(16)27(19(26)28)18-22-21-13(2)31-18/h5-6,9-10,24H,7-8,11H2,1-4H3. The molecule has 168 valence electrons. The van der Waals surface area contributed by atoms with Crippen molar-refractivity contribution in [2.24, 2.45) is 7.05 Å². The molecule has 1 fully saturated rings. The SMILES string of the molecule is Cc1cc(Cn2c(=O)n(-c3nnc(C)s3)c3cc(S(=O)(=O)NC4(C)CC4)ccc32)n(C)n1. The van der Waals surface area contributed by atoms with Gasteiger partial charge in [0.15, 0.2) is 0 Å². The minimum Gasteiger partial charge on any atom is -0.286 e. The van der Waals surface area contributed by atoms with Crippen LogP contribution >= 0.6 is 11.3 Å². The number of nitrogens with one attached hydrogen (secondary N) is 1. The van der Waals surface area contributed by atoms with Gasteiger partial charge in [0.1, 0.15) is 5.01 Å². The number of nitrogens with zero attached hydrogens (tertiary/aromatic N) is 6. The fourth-order valence-electron chi connectivity index (χ4n) is 3.77. The summed E-state index contributed by atoms with van der Waals surface area (Å²) in [4.78, 5) is 13.6. The molecule has 0 amide bonds. The zero-order chi connectivity index (χ0) is 22.8. The first-order valence-electron chi connectivity index (χ1n) is 10.2. The molecule has 0 bridgehead atoms. The molecule has 0 aliphatic heterocycles. The second kappa shape index (κ2) is 7.09. The maximum atomic E-state index is 13.5. The van der Waals surface area contributed by atoms with Gasteiger partial charge >= 0.3 is 5.69 Å². The van der Waals surface area contributed by atoms with E-state index in [0.717, 1.165) is 24.2 Å². The number of fused-ring (bicyclic) bond motifs is 1. The molecule has 1 aliphatic carbocycles. The first kappa shape index (κ1) is 21.0. The first-order valence-corrected chi connectivity index (χ1v) is 12.5. The summed E-state index contributed by atoms with van der Waals surface area (Å²) in [5.74, 6) is 0. The Kier molecular flexibility index (Phi) is 4.66. The van der Waals surface area contributed by atoms with Crippen LogP contribution in [0, 0.1) is 13.8 Å². The van der Waals surface area contributed by atoms with Crippen LogP contribution in [0.2, 0.25) is 0 Å². The summed E-state index contributed by atoms with van der Waals surface area (Å²) < 4.78 is 33.5. The van der Waals surface area contributed by atoms with Gasteiger partial charge in [-0.3, -0.25) is 9.25 Å². The fourth-order valence-corrected chi connectivity index (χ4v) is 5.95. The Bertz CT molecular complexity index is 1520. The minimum absolute atomic E-state index is 0.113. The van der Waals surface area contributed by atoms with E-state index in [1.165, 1.54) is 28.0 Å². The topological polar surface area (TPSA) is 117 Å². The van der Waals surface area contributed by atoms with E-state index in [1.807, 2.05) is 27.0 Å². The normalized spacial score (nSPS) is 15.5. The van der Waals surface area contributed by atoms with Crippen LogP contribution in [-0.4, -0.2) is 43.1 Å². The summed E-state index contributed by atoms with van der Waals surface area (Å²) in [6.07, 6.45) is 1.62. The molecule has 10 nitrogen and oxygen atoms in total. The van der Waals surface area contributed by atoms with Crippen molar-refractivity contribution in [1.29, 1.82) is 0 Å². The Balaban J connectivity index is 1.70. The average Bonchev–Trinajstić information content (AvgIpc) is 3.01. The van der Waals surface area contributed by atoms with E-state index in [-0.39, 0.29) is 10.6 Å². The Morgan fingerprint density at radius 2 is 1.91 bits per heavy atom. The average molecular weight is 474 g/mol. The number of rotatable bonds is 6. The van der Waals surface area contributed by atoms with E-state index in [0.29, 0.717) is 27.7 Å². The number of sulfonamides is 1. The fraction of sp³-hybridized carbons (Fsp3) is 0.400. The molecule has 12 heteroatoms. The second-order valence-electron chi connectivity index (χ2n) is 8.53. The monoisotopic (exact) mass is 473 g/mol. The molecule has 0 atom stereocenters. The summed E-state index contributed by atoms with van der Waals surface area (Å²) in [5, 5.41) is 13.6. The molecule has 3 heterocycles. The van der Waals surface area contributed by atoms with Gasteiger partial charge in [0.25, 0.3) is 0 Å². The Hall–Kier alpha value is -2.83. The molecular formula is C20H23N7O3S2. The lowest BCUT2D eigenvalue weighted by molar-refractivity contribution is 0.558. The Morgan fingerprint density at radius 3 is 2.50 bits per heavy atom. The number of imidazole rings is 1. The van der Waals surface area contributed by atoms with Crippen molar-refractivity contribution in [2.45, 2.75) is 50.6 Å². The van der Waals surface area contributed by atoms with Crippen molar-refractivity contribution in [3.8, 4) is 5.13 Å². The molecular weight excluding hydrogens is 450 g/mol. The van der Waals surface area contributed by atoms with Gasteiger partial charge in [-0.25, -0.2) is 22.5 Å². The van der Waals surface area contributed by atoms with Crippen LogP contribution in [0.1, 0.15) is 36.2 Å². The third kappa shape index (κ3) is 3.57. The molecule has 32 heavy (non-hydrogen) atoms. The molecule has 5 rings (SSSR count). The number of aromatic nitrogens is 6. The third-order valence-electron chi connectivity index (χ3n) is 5.72. The van der Waals surface area contributed by atoms with E-state index in [2.05, 4.69) is 20.0 Å². The molecule has 0 radical (unpaired) electrons. The van der Waals surface area contributed by atoms with Crippen molar-refractivity contribution in [2.75, 3.05) is 0 Å². The van der Waals surface area contributed by atoms with E-state index < -0.39 is 15.6 Å². The van der Waals surface area contributed by atoms with E-state index >= 15 is 0 Å². The quantitative estimate of drug-likeness (QED) is 0.457. The van der Waals surface area contributed by atoms with Gasteiger partial charge < -0.3 is 0 Å². The summed E-state index contributed by atoms with van der Waals surface area (Å²) >= 11 is 1.27. The highest BCUT2D eigenvalue weighted by atomic mass is 32.2. The third-order valence-corrected chi connectivity index (χ3v) is 8.18.